The van der Waals surface area contributed by atoms with Crippen molar-refractivity contribution in [2.75, 3.05) is 7.11 Å². The first kappa shape index (κ1) is 18.4. The molecule has 0 saturated carbocycles. The average Bonchev–Trinajstić information content (AvgIpc) is 3.15. The van der Waals surface area contributed by atoms with Gasteiger partial charge in [-0.1, -0.05) is 41.9 Å². The van der Waals surface area contributed by atoms with E-state index in [1.165, 1.54) is 30.1 Å². The number of aromatic nitrogens is 3. The zero-order chi connectivity index (χ0) is 18.6. The zero-order valence-electron chi connectivity index (χ0n) is 13.9. The van der Waals surface area contributed by atoms with Gasteiger partial charge in [-0.3, -0.25) is 0 Å². The van der Waals surface area contributed by atoms with E-state index in [0.717, 1.165) is 5.56 Å². The summed E-state index contributed by atoms with van der Waals surface area (Å²) in [4.78, 5) is 1.49. The van der Waals surface area contributed by atoms with Gasteiger partial charge in [-0.2, -0.15) is 15.0 Å². The predicted octanol–water partition coefficient (Wildman–Crippen LogP) is 2.66. The summed E-state index contributed by atoms with van der Waals surface area (Å²) in [5.74, 6) is 0.408. The average molecular weight is 393 g/mol. The third-order valence-electron chi connectivity index (χ3n) is 3.75. The molecule has 1 unspecified atom stereocenters. The van der Waals surface area contributed by atoms with Crippen LogP contribution in [0.15, 0.2) is 65.8 Å². The van der Waals surface area contributed by atoms with Crippen LogP contribution in [-0.2, 0) is 16.6 Å². The van der Waals surface area contributed by atoms with E-state index in [-0.39, 0.29) is 16.5 Å². The quantitative estimate of drug-likeness (QED) is 0.668. The smallest absolute Gasteiger partial charge is 0.241 e. The third-order valence-corrected chi connectivity index (χ3v) is 5.51. The molecule has 0 radical (unpaired) electrons. The molecule has 26 heavy (non-hydrogen) atoms. The van der Waals surface area contributed by atoms with Crippen molar-refractivity contribution in [2.45, 2.75) is 17.5 Å². The number of rotatable bonds is 7. The highest BCUT2D eigenvalue weighted by molar-refractivity contribution is 7.89. The van der Waals surface area contributed by atoms with Crippen LogP contribution in [0.1, 0.15) is 11.6 Å². The van der Waals surface area contributed by atoms with E-state index in [1.54, 1.807) is 12.4 Å². The van der Waals surface area contributed by atoms with Crippen LogP contribution in [0.4, 0.5) is 0 Å². The first-order valence-electron chi connectivity index (χ1n) is 7.74. The van der Waals surface area contributed by atoms with Crippen molar-refractivity contribution in [1.29, 1.82) is 0 Å². The molecule has 1 aromatic heterocycles. The second-order valence-corrected chi connectivity index (χ2v) is 7.59. The van der Waals surface area contributed by atoms with Gasteiger partial charge in [-0.25, -0.2) is 13.1 Å². The highest BCUT2D eigenvalue weighted by atomic mass is 35.5. The second-order valence-electron chi connectivity index (χ2n) is 5.46. The largest absolute Gasteiger partial charge is 0.495 e. The molecule has 7 nitrogen and oxygen atoms in total. The normalized spacial score (nSPS) is 12.7. The van der Waals surface area contributed by atoms with Crippen LogP contribution >= 0.6 is 11.6 Å². The van der Waals surface area contributed by atoms with Crippen LogP contribution in [-0.4, -0.2) is 30.5 Å². The maximum Gasteiger partial charge on any atom is 0.241 e. The van der Waals surface area contributed by atoms with Crippen LogP contribution in [0.25, 0.3) is 0 Å². The van der Waals surface area contributed by atoms with E-state index in [9.17, 15) is 8.42 Å². The lowest BCUT2D eigenvalue weighted by molar-refractivity contribution is 0.414. The first-order valence-corrected chi connectivity index (χ1v) is 9.60. The lowest BCUT2D eigenvalue weighted by Crippen LogP contribution is -2.32. The summed E-state index contributed by atoms with van der Waals surface area (Å²) >= 11 is 6.06. The van der Waals surface area contributed by atoms with Crippen LogP contribution in [0.3, 0.4) is 0 Å². The fourth-order valence-electron chi connectivity index (χ4n) is 2.47. The van der Waals surface area contributed by atoms with E-state index in [1.807, 2.05) is 30.3 Å². The van der Waals surface area contributed by atoms with Crippen molar-refractivity contribution in [3.8, 4) is 5.75 Å². The fourth-order valence-corrected chi connectivity index (χ4v) is 4.03. The van der Waals surface area contributed by atoms with Crippen molar-refractivity contribution in [3.63, 3.8) is 0 Å². The van der Waals surface area contributed by atoms with Gasteiger partial charge in [-0.05, 0) is 23.8 Å². The molecule has 1 heterocycles. The minimum Gasteiger partial charge on any atom is -0.495 e. The van der Waals surface area contributed by atoms with Gasteiger partial charge in [0.25, 0.3) is 0 Å². The summed E-state index contributed by atoms with van der Waals surface area (Å²) in [5, 5.41) is 8.33. The summed E-state index contributed by atoms with van der Waals surface area (Å²) in [6.45, 7) is 0.250. The summed E-state index contributed by atoms with van der Waals surface area (Å²) in [7, 11) is -2.35. The molecule has 0 aliphatic heterocycles. The van der Waals surface area contributed by atoms with Crippen LogP contribution in [0.5, 0.6) is 5.75 Å². The Labute approximate surface area is 156 Å². The number of nitrogens with one attached hydrogen (secondary N) is 1. The molecule has 136 valence electrons. The summed E-state index contributed by atoms with van der Waals surface area (Å²) in [5.41, 5.74) is 0.799. The Morgan fingerprint density at radius 3 is 2.46 bits per heavy atom. The Hall–Kier alpha value is -2.42. The molecule has 0 fully saturated rings. The molecule has 0 saturated heterocycles. The number of sulfonamides is 1. The number of halogens is 1. The number of benzene rings is 2. The summed E-state index contributed by atoms with van der Waals surface area (Å²) < 4.78 is 33.4. The molecular formula is C17H17ClN4O3S. The molecule has 3 rings (SSSR count). The molecule has 0 amide bonds. The van der Waals surface area contributed by atoms with Gasteiger partial charge in [0.15, 0.2) is 0 Å². The van der Waals surface area contributed by atoms with Gasteiger partial charge in [0.05, 0.1) is 42.0 Å². The van der Waals surface area contributed by atoms with Crippen molar-refractivity contribution in [2.24, 2.45) is 0 Å². The molecule has 3 aromatic rings. The van der Waals surface area contributed by atoms with Gasteiger partial charge in [-0.15, -0.1) is 0 Å². The number of hydrogen-bond donors (Lipinski definition) is 1. The third kappa shape index (κ3) is 4.21. The van der Waals surface area contributed by atoms with E-state index in [4.69, 9.17) is 16.3 Å². The Kier molecular flexibility index (Phi) is 5.55. The minimum atomic E-state index is -3.82. The van der Waals surface area contributed by atoms with E-state index < -0.39 is 16.1 Å². The fraction of sp³-hybridized carbons (Fsp3) is 0.176. The van der Waals surface area contributed by atoms with Crippen LogP contribution in [0.2, 0.25) is 5.02 Å². The maximum absolute atomic E-state index is 12.8. The van der Waals surface area contributed by atoms with Gasteiger partial charge in [0.2, 0.25) is 10.0 Å². The number of ether oxygens (including phenoxy) is 1. The highest BCUT2D eigenvalue weighted by Gasteiger charge is 2.23. The SMILES string of the molecule is COc1ccc(S(=O)(=O)NC(Cn2nccn2)c2ccccc2)cc1Cl. The molecule has 1 atom stereocenters. The number of methoxy groups -OCH3 is 1. The lowest BCUT2D eigenvalue weighted by atomic mass is 10.1. The molecular weight excluding hydrogens is 376 g/mol. The Balaban J connectivity index is 1.91. The zero-order valence-corrected chi connectivity index (χ0v) is 15.5. The molecule has 1 N–H and O–H groups in total. The van der Waals surface area contributed by atoms with Crippen molar-refractivity contribution in [1.82, 2.24) is 19.7 Å². The van der Waals surface area contributed by atoms with Crippen molar-refractivity contribution < 1.29 is 13.2 Å². The van der Waals surface area contributed by atoms with Gasteiger partial charge >= 0.3 is 0 Å². The van der Waals surface area contributed by atoms with Crippen molar-refractivity contribution in [3.05, 3.63) is 71.5 Å². The molecule has 0 bridgehead atoms. The topological polar surface area (TPSA) is 86.1 Å². The van der Waals surface area contributed by atoms with Crippen LogP contribution < -0.4 is 9.46 Å². The summed E-state index contributed by atoms with van der Waals surface area (Å²) in [6, 6.07) is 13.0. The molecule has 9 heteroatoms. The van der Waals surface area contributed by atoms with Crippen molar-refractivity contribution >= 4 is 21.6 Å². The van der Waals surface area contributed by atoms with E-state index in [2.05, 4.69) is 14.9 Å². The lowest BCUT2D eigenvalue weighted by Gasteiger charge is -2.19. The Morgan fingerprint density at radius 1 is 1.15 bits per heavy atom. The second kappa shape index (κ2) is 7.86. The standard InChI is InChI=1S/C17H17ClN4O3S/c1-25-17-8-7-14(11-15(17)18)26(23,24)21-16(12-22-19-9-10-20-22)13-5-3-2-4-6-13/h2-11,16,21H,12H2,1H3. The predicted molar refractivity (Wildman–Crippen MR) is 97.5 cm³/mol. The van der Waals surface area contributed by atoms with Gasteiger partial charge in [0, 0.05) is 0 Å². The maximum atomic E-state index is 12.8. The molecule has 0 aliphatic rings. The number of nitrogens with zero attached hydrogens (tertiary/aromatic N) is 3. The van der Waals surface area contributed by atoms with Gasteiger partial charge < -0.3 is 4.74 Å². The van der Waals surface area contributed by atoms with E-state index in [0.29, 0.717) is 5.75 Å². The van der Waals surface area contributed by atoms with E-state index >= 15 is 0 Å². The molecule has 0 spiro atoms. The van der Waals surface area contributed by atoms with Gasteiger partial charge in [0.1, 0.15) is 5.75 Å². The monoisotopic (exact) mass is 392 g/mol. The molecule has 0 aliphatic carbocycles. The van der Waals surface area contributed by atoms with Crippen LogP contribution in [0, 0.1) is 0 Å². The number of hydrogen-bond acceptors (Lipinski definition) is 5. The minimum absolute atomic E-state index is 0.0534. The Bertz CT molecular complexity index is 963. The highest BCUT2D eigenvalue weighted by Crippen LogP contribution is 2.28. The summed E-state index contributed by atoms with van der Waals surface area (Å²) in [6.07, 6.45) is 3.08. The molecule has 2 aromatic carbocycles. The Morgan fingerprint density at radius 2 is 1.85 bits per heavy atom. The first-order chi connectivity index (χ1) is 12.5.